The Kier molecular flexibility index (Phi) is 3.89. The molecule has 1 rings (SSSR count). The molecule has 0 bridgehead atoms. The van der Waals surface area contributed by atoms with Gasteiger partial charge in [0, 0.05) is 19.1 Å². The summed E-state index contributed by atoms with van der Waals surface area (Å²) in [5.41, 5.74) is 2.31. The highest BCUT2D eigenvalue weighted by molar-refractivity contribution is 5.09. The van der Waals surface area contributed by atoms with Crippen molar-refractivity contribution >= 4 is 0 Å². The minimum Gasteiger partial charge on any atom is -0.305 e. The molecule has 1 heterocycles. The van der Waals surface area contributed by atoms with Crippen LogP contribution in [0.2, 0.25) is 0 Å². The Labute approximate surface area is 85.8 Å². The van der Waals surface area contributed by atoms with E-state index in [4.69, 9.17) is 0 Å². The van der Waals surface area contributed by atoms with Gasteiger partial charge >= 0.3 is 0 Å². The molecule has 3 nitrogen and oxygen atoms in total. The van der Waals surface area contributed by atoms with E-state index in [0.29, 0.717) is 6.04 Å². The first-order valence-electron chi connectivity index (χ1n) is 5.06. The van der Waals surface area contributed by atoms with Crippen LogP contribution in [0.15, 0.2) is 18.7 Å². The second kappa shape index (κ2) is 4.96. The SMILES string of the molecule is C=CC(C)NCc1cc(C)nn1CC. The highest BCUT2D eigenvalue weighted by Crippen LogP contribution is 2.03. The standard InChI is InChI=1S/C11H19N3/c1-5-9(3)12-8-11-7-10(4)13-14(11)6-2/h5,7,9,12H,1,6,8H2,2-4H3. The van der Waals surface area contributed by atoms with Crippen LogP contribution < -0.4 is 5.32 Å². The fourth-order valence-electron chi connectivity index (χ4n) is 1.36. The third-order valence-electron chi connectivity index (χ3n) is 2.24. The molecule has 0 saturated carbocycles. The summed E-state index contributed by atoms with van der Waals surface area (Å²) >= 11 is 0. The zero-order valence-electron chi connectivity index (χ0n) is 9.25. The van der Waals surface area contributed by atoms with Crippen molar-refractivity contribution in [3.05, 3.63) is 30.1 Å². The summed E-state index contributed by atoms with van der Waals surface area (Å²) < 4.78 is 2.03. The van der Waals surface area contributed by atoms with Crippen molar-refractivity contribution < 1.29 is 0 Å². The maximum atomic E-state index is 4.38. The fourth-order valence-corrected chi connectivity index (χ4v) is 1.36. The monoisotopic (exact) mass is 193 g/mol. The summed E-state index contributed by atoms with van der Waals surface area (Å²) in [5.74, 6) is 0. The quantitative estimate of drug-likeness (QED) is 0.724. The molecule has 0 fully saturated rings. The number of nitrogens with one attached hydrogen (secondary N) is 1. The van der Waals surface area contributed by atoms with Crippen molar-refractivity contribution in [1.29, 1.82) is 0 Å². The van der Waals surface area contributed by atoms with Crippen molar-refractivity contribution in [2.75, 3.05) is 0 Å². The van der Waals surface area contributed by atoms with Crippen LogP contribution in [-0.4, -0.2) is 15.8 Å². The van der Waals surface area contributed by atoms with E-state index in [9.17, 15) is 0 Å². The Morgan fingerprint density at radius 2 is 2.43 bits per heavy atom. The number of aryl methyl sites for hydroxylation is 2. The molecule has 0 saturated heterocycles. The Bertz CT molecular complexity index is 301. The molecule has 0 spiro atoms. The van der Waals surface area contributed by atoms with Crippen molar-refractivity contribution in [3.8, 4) is 0 Å². The smallest absolute Gasteiger partial charge is 0.0597 e. The van der Waals surface area contributed by atoms with Crippen LogP contribution in [0.25, 0.3) is 0 Å². The van der Waals surface area contributed by atoms with E-state index in [1.54, 1.807) is 0 Å². The van der Waals surface area contributed by atoms with Crippen LogP contribution in [0.4, 0.5) is 0 Å². The van der Waals surface area contributed by atoms with Crippen molar-refractivity contribution in [3.63, 3.8) is 0 Å². The average molecular weight is 193 g/mol. The molecule has 1 unspecified atom stereocenters. The second-order valence-corrected chi connectivity index (χ2v) is 3.50. The van der Waals surface area contributed by atoms with E-state index >= 15 is 0 Å². The molecular formula is C11H19N3. The van der Waals surface area contributed by atoms with Gasteiger partial charge in [-0.05, 0) is 26.8 Å². The largest absolute Gasteiger partial charge is 0.305 e. The number of hydrogen-bond acceptors (Lipinski definition) is 2. The summed E-state index contributed by atoms with van der Waals surface area (Å²) in [6, 6.07) is 2.46. The molecule has 14 heavy (non-hydrogen) atoms. The van der Waals surface area contributed by atoms with E-state index in [-0.39, 0.29) is 0 Å². The lowest BCUT2D eigenvalue weighted by Crippen LogP contribution is -2.24. The molecule has 0 amide bonds. The van der Waals surface area contributed by atoms with Crippen LogP contribution in [0.5, 0.6) is 0 Å². The summed E-state index contributed by atoms with van der Waals surface area (Å²) in [7, 11) is 0. The molecule has 1 aromatic rings. The molecule has 0 radical (unpaired) electrons. The topological polar surface area (TPSA) is 29.9 Å². The Morgan fingerprint density at radius 1 is 1.71 bits per heavy atom. The minimum absolute atomic E-state index is 0.343. The van der Waals surface area contributed by atoms with Gasteiger partial charge < -0.3 is 5.32 Å². The van der Waals surface area contributed by atoms with Gasteiger partial charge in [-0.2, -0.15) is 5.10 Å². The molecule has 0 aliphatic carbocycles. The zero-order chi connectivity index (χ0) is 10.6. The lowest BCUT2D eigenvalue weighted by molar-refractivity contribution is 0.561. The summed E-state index contributed by atoms with van der Waals surface area (Å²) in [6.45, 7) is 11.7. The van der Waals surface area contributed by atoms with Gasteiger partial charge in [-0.1, -0.05) is 6.08 Å². The first-order chi connectivity index (χ1) is 6.67. The van der Waals surface area contributed by atoms with E-state index in [1.807, 2.05) is 17.7 Å². The molecule has 0 aliphatic rings. The molecule has 78 valence electrons. The van der Waals surface area contributed by atoms with Crippen LogP contribution in [0.3, 0.4) is 0 Å². The predicted molar refractivity (Wildman–Crippen MR) is 59.1 cm³/mol. The van der Waals surface area contributed by atoms with Crippen molar-refractivity contribution in [2.45, 2.75) is 39.9 Å². The number of nitrogens with zero attached hydrogens (tertiary/aromatic N) is 2. The molecular weight excluding hydrogens is 174 g/mol. The van der Waals surface area contributed by atoms with E-state index in [2.05, 4.69) is 36.9 Å². The third-order valence-corrected chi connectivity index (χ3v) is 2.24. The zero-order valence-corrected chi connectivity index (χ0v) is 9.25. The van der Waals surface area contributed by atoms with Gasteiger partial charge in [0.05, 0.1) is 11.4 Å². The third kappa shape index (κ3) is 2.70. The first-order valence-corrected chi connectivity index (χ1v) is 5.06. The first kappa shape index (κ1) is 11.0. The number of aromatic nitrogens is 2. The van der Waals surface area contributed by atoms with E-state index in [1.165, 1.54) is 5.69 Å². The fraction of sp³-hybridized carbons (Fsp3) is 0.545. The number of hydrogen-bond donors (Lipinski definition) is 1. The van der Waals surface area contributed by atoms with Gasteiger partial charge in [0.25, 0.3) is 0 Å². The summed E-state index contributed by atoms with van der Waals surface area (Å²) in [4.78, 5) is 0. The van der Waals surface area contributed by atoms with Gasteiger partial charge in [0.2, 0.25) is 0 Å². The molecule has 1 aromatic heterocycles. The average Bonchev–Trinajstić information content (AvgIpc) is 2.55. The van der Waals surface area contributed by atoms with E-state index < -0.39 is 0 Å². The highest BCUT2D eigenvalue weighted by atomic mass is 15.3. The maximum absolute atomic E-state index is 4.38. The lowest BCUT2D eigenvalue weighted by atomic mass is 10.3. The molecule has 0 aromatic carbocycles. The molecule has 3 heteroatoms. The number of rotatable bonds is 5. The van der Waals surface area contributed by atoms with Crippen LogP contribution in [-0.2, 0) is 13.1 Å². The van der Waals surface area contributed by atoms with Crippen LogP contribution in [0.1, 0.15) is 25.2 Å². The predicted octanol–water partition coefficient (Wildman–Crippen LogP) is 1.88. The summed E-state index contributed by atoms with van der Waals surface area (Å²) in [6.07, 6.45) is 1.90. The Balaban J connectivity index is 2.61. The minimum atomic E-state index is 0.343. The molecule has 1 N–H and O–H groups in total. The van der Waals surface area contributed by atoms with Gasteiger partial charge in [0.1, 0.15) is 0 Å². The molecule has 1 atom stereocenters. The van der Waals surface area contributed by atoms with Crippen molar-refractivity contribution in [2.24, 2.45) is 0 Å². The second-order valence-electron chi connectivity index (χ2n) is 3.50. The maximum Gasteiger partial charge on any atom is 0.0597 e. The normalized spacial score (nSPS) is 12.8. The van der Waals surface area contributed by atoms with Crippen LogP contribution >= 0.6 is 0 Å². The van der Waals surface area contributed by atoms with Crippen molar-refractivity contribution in [1.82, 2.24) is 15.1 Å². The van der Waals surface area contributed by atoms with E-state index in [0.717, 1.165) is 18.8 Å². The molecule has 0 aliphatic heterocycles. The summed E-state index contributed by atoms with van der Waals surface area (Å²) in [5, 5.41) is 7.74. The van der Waals surface area contributed by atoms with Gasteiger partial charge in [-0.3, -0.25) is 4.68 Å². The van der Waals surface area contributed by atoms with Gasteiger partial charge in [-0.15, -0.1) is 6.58 Å². The Hall–Kier alpha value is -1.09. The highest BCUT2D eigenvalue weighted by Gasteiger charge is 2.04. The van der Waals surface area contributed by atoms with Gasteiger partial charge in [0.15, 0.2) is 0 Å². The lowest BCUT2D eigenvalue weighted by Gasteiger charge is -2.09. The Morgan fingerprint density at radius 3 is 3.00 bits per heavy atom. The van der Waals surface area contributed by atoms with Gasteiger partial charge in [-0.25, -0.2) is 0 Å². The van der Waals surface area contributed by atoms with Crippen LogP contribution in [0, 0.1) is 6.92 Å².